The van der Waals surface area contributed by atoms with Crippen LogP contribution in [-0.4, -0.2) is 35.3 Å². The summed E-state index contributed by atoms with van der Waals surface area (Å²) >= 11 is 0. The van der Waals surface area contributed by atoms with Gasteiger partial charge in [-0.05, 0) is 54.8 Å². The molecule has 2 amide bonds. The molecule has 7 heteroatoms. The fourth-order valence-electron chi connectivity index (χ4n) is 4.81. The number of nitrogens with one attached hydrogen (secondary N) is 2. The predicted molar refractivity (Wildman–Crippen MR) is 139 cm³/mol. The van der Waals surface area contributed by atoms with Crippen LogP contribution in [0.25, 0.3) is 16.9 Å². The molecule has 2 N–H and O–H groups in total. The van der Waals surface area contributed by atoms with Crippen molar-refractivity contribution in [1.82, 2.24) is 14.7 Å². The van der Waals surface area contributed by atoms with E-state index in [-0.39, 0.29) is 11.8 Å². The van der Waals surface area contributed by atoms with Gasteiger partial charge in [-0.25, -0.2) is 4.98 Å². The number of rotatable bonds is 6. The molecule has 2 aromatic carbocycles. The number of anilines is 3. The number of hydrogen-bond donors (Lipinski definition) is 2. The van der Waals surface area contributed by atoms with Crippen molar-refractivity contribution in [3.8, 4) is 11.3 Å². The maximum absolute atomic E-state index is 12.8. The average Bonchev–Trinajstić information content (AvgIpc) is 3.23. The van der Waals surface area contributed by atoms with Crippen LogP contribution in [0.4, 0.5) is 17.2 Å². The summed E-state index contributed by atoms with van der Waals surface area (Å²) in [6.07, 6.45) is 3.52. The van der Waals surface area contributed by atoms with Crippen molar-refractivity contribution in [2.75, 3.05) is 24.3 Å². The Morgan fingerprint density at radius 2 is 1.77 bits per heavy atom. The van der Waals surface area contributed by atoms with Gasteiger partial charge in [-0.2, -0.15) is 0 Å². The van der Waals surface area contributed by atoms with E-state index in [1.165, 1.54) is 0 Å². The Labute approximate surface area is 204 Å². The van der Waals surface area contributed by atoms with Gasteiger partial charge in [0.15, 0.2) is 0 Å². The van der Waals surface area contributed by atoms with Gasteiger partial charge in [0.25, 0.3) is 0 Å². The molecule has 1 atom stereocenters. The summed E-state index contributed by atoms with van der Waals surface area (Å²) in [5.74, 6) is 0.468. The second kappa shape index (κ2) is 8.91. The lowest BCUT2D eigenvalue weighted by atomic mass is 9.72. The third kappa shape index (κ3) is 4.03. The lowest BCUT2D eigenvalue weighted by Crippen LogP contribution is -2.51. The summed E-state index contributed by atoms with van der Waals surface area (Å²) in [4.78, 5) is 31.4. The van der Waals surface area contributed by atoms with Crippen molar-refractivity contribution in [1.29, 1.82) is 0 Å². The van der Waals surface area contributed by atoms with E-state index in [2.05, 4.69) is 39.8 Å². The Morgan fingerprint density at radius 3 is 2.43 bits per heavy atom. The molecule has 1 fully saturated rings. The SMILES string of the molecule is CC[C@@]1(c2ccc(Nc3c(-c4ccc(N(C)C)cc4)nc4ccccn34)cc2)CCC(=O)NC1=O. The van der Waals surface area contributed by atoms with Crippen molar-refractivity contribution in [3.05, 3.63) is 78.5 Å². The van der Waals surface area contributed by atoms with E-state index in [9.17, 15) is 9.59 Å². The first-order chi connectivity index (χ1) is 16.9. The van der Waals surface area contributed by atoms with Crippen molar-refractivity contribution in [2.24, 2.45) is 0 Å². The molecule has 35 heavy (non-hydrogen) atoms. The molecule has 1 aliphatic rings. The number of fused-ring (bicyclic) bond motifs is 1. The Balaban J connectivity index is 1.49. The van der Waals surface area contributed by atoms with E-state index < -0.39 is 5.41 Å². The molecule has 1 saturated heterocycles. The first-order valence-electron chi connectivity index (χ1n) is 11.9. The van der Waals surface area contributed by atoms with Crippen LogP contribution in [0, 0.1) is 0 Å². The van der Waals surface area contributed by atoms with Gasteiger partial charge >= 0.3 is 0 Å². The molecule has 5 rings (SSSR count). The second-order valence-electron chi connectivity index (χ2n) is 9.19. The minimum atomic E-state index is -0.672. The van der Waals surface area contributed by atoms with Gasteiger partial charge < -0.3 is 10.2 Å². The van der Waals surface area contributed by atoms with Crippen molar-refractivity contribution >= 4 is 34.7 Å². The first-order valence-corrected chi connectivity index (χ1v) is 11.9. The topological polar surface area (TPSA) is 78.7 Å². The Bertz CT molecular complexity index is 1390. The van der Waals surface area contributed by atoms with Gasteiger partial charge in [-0.1, -0.05) is 37.3 Å². The third-order valence-electron chi connectivity index (χ3n) is 6.96. The Kier molecular flexibility index (Phi) is 5.76. The molecule has 3 heterocycles. The Hall–Kier alpha value is -4.13. The minimum absolute atomic E-state index is 0.198. The summed E-state index contributed by atoms with van der Waals surface area (Å²) < 4.78 is 2.04. The molecular weight excluding hydrogens is 438 g/mol. The molecule has 0 unspecified atom stereocenters. The van der Waals surface area contributed by atoms with E-state index in [0.29, 0.717) is 19.3 Å². The molecule has 0 saturated carbocycles. The normalized spacial score (nSPS) is 17.9. The highest BCUT2D eigenvalue weighted by atomic mass is 16.2. The highest BCUT2D eigenvalue weighted by Crippen LogP contribution is 2.37. The lowest BCUT2D eigenvalue weighted by molar-refractivity contribution is -0.138. The zero-order valence-electron chi connectivity index (χ0n) is 20.2. The molecule has 1 aliphatic heterocycles. The highest BCUT2D eigenvalue weighted by molar-refractivity contribution is 6.03. The van der Waals surface area contributed by atoms with Crippen molar-refractivity contribution in [2.45, 2.75) is 31.6 Å². The maximum atomic E-state index is 12.8. The molecule has 0 bridgehead atoms. The fourth-order valence-corrected chi connectivity index (χ4v) is 4.81. The third-order valence-corrected chi connectivity index (χ3v) is 6.96. The molecule has 7 nitrogen and oxygen atoms in total. The number of nitrogens with zero attached hydrogens (tertiary/aromatic N) is 3. The summed E-state index contributed by atoms with van der Waals surface area (Å²) in [6, 6.07) is 22.2. The van der Waals surface area contributed by atoms with Crippen LogP contribution >= 0.6 is 0 Å². The van der Waals surface area contributed by atoms with E-state index >= 15 is 0 Å². The zero-order chi connectivity index (χ0) is 24.6. The van der Waals surface area contributed by atoms with E-state index in [1.807, 2.05) is 74.1 Å². The number of amides is 2. The van der Waals surface area contributed by atoms with Gasteiger partial charge in [0, 0.05) is 43.7 Å². The van der Waals surface area contributed by atoms with Gasteiger partial charge in [-0.15, -0.1) is 0 Å². The Morgan fingerprint density at radius 1 is 1.03 bits per heavy atom. The predicted octanol–water partition coefficient (Wildman–Crippen LogP) is 4.90. The summed E-state index contributed by atoms with van der Waals surface area (Å²) in [7, 11) is 4.04. The van der Waals surface area contributed by atoms with Crippen molar-refractivity contribution < 1.29 is 9.59 Å². The lowest BCUT2D eigenvalue weighted by Gasteiger charge is -2.35. The number of carbonyl (C=O) groups excluding carboxylic acids is 2. The smallest absolute Gasteiger partial charge is 0.237 e. The van der Waals surface area contributed by atoms with Crippen LogP contribution < -0.4 is 15.5 Å². The second-order valence-corrected chi connectivity index (χ2v) is 9.19. The number of imidazole rings is 1. The van der Waals surface area contributed by atoms with Gasteiger partial charge in [0.05, 0.1) is 5.41 Å². The average molecular weight is 468 g/mol. The molecular formula is C28H29N5O2. The van der Waals surface area contributed by atoms with Crippen LogP contribution in [0.15, 0.2) is 72.9 Å². The number of hydrogen-bond acceptors (Lipinski definition) is 5. The molecule has 0 aliphatic carbocycles. The zero-order valence-corrected chi connectivity index (χ0v) is 20.2. The minimum Gasteiger partial charge on any atom is -0.378 e. The molecule has 0 spiro atoms. The van der Waals surface area contributed by atoms with Crippen LogP contribution in [0.3, 0.4) is 0 Å². The number of imide groups is 1. The van der Waals surface area contributed by atoms with Crippen LogP contribution in [0.2, 0.25) is 0 Å². The standard InChI is InChI=1S/C28H29N5O2/c1-4-28(17-16-24(34)31-27(28)35)20-10-12-21(13-11-20)29-26-25(30-23-7-5-6-18-33(23)26)19-8-14-22(15-9-19)32(2)3/h5-15,18,29H,4,16-17H2,1-3H3,(H,31,34,35)/t28-/m0/s1. The summed E-state index contributed by atoms with van der Waals surface area (Å²) in [5.41, 5.74) is 5.01. The first kappa shape index (κ1) is 22.7. The number of aromatic nitrogens is 2. The quantitative estimate of drug-likeness (QED) is 0.395. The largest absolute Gasteiger partial charge is 0.378 e. The number of pyridine rings is 1. The molecule has 178 valence electrons. The molecule has 4 aromatic rings. The van der Waals surface area contributed by atoms with Crippen LogP contribution in [-0.2, 0) is 15.0 Å². The van der Waals surface area contributed by atoms with Gasteiger partial charge in [0.1, 0.15) is 17.2 Å². The molecule has 0 radical (unpaired) electrons. The van der Waals surface area contributed by atoms with Crippen molar-refractivity contribution in [3.63, 3.8) is 0 Å². The number of piperidine rings is 1. The van der Waals surface area contributed by atoms with E-state index in [1.54, 1.807) is 0 Å². The van der Waals surface area contributed by atoms with Gasteiger partial charge in [0.2, 0.25) is 11.8 Å². The highest BCUT2D eigenvalue weighted by Gasteiger charge is 2.42. The van der Waals surface area contributed by atoms with E-state index in [4.69, 9.17) is 4.98 Å². The van der Waals surface area contributed by atoms with Crippen LogP contribution in [0.1, 0.15) is 31.7 Å². The summed E-state index contributed by atoms with van der Waals surface area (Å²) in [5, 5.41) is 6.06. The number of carbonyl (C=O) groups is 2. The van der Waals surface area contributed by atoms with Gasteiger partial charge in [-0.3, -0.25) is 19.3 Å². The monoisotopic (exact) mass is 467 g/mol. The van der Waals surface area contributed by atoms with E-state index in [0.717, 1.165) is 39.7 Å². The number of benzene rings is 2. The fraction of sp³-hybridized carbons (Fsp3) is 0.250. The van der Waals surface area contributed by atoms with Crippen LogP contribution in [0.5, 0.6) is 0 Å². The molecule has 2 aromatic heterocycles. The summed E-state index contributed by atoms with van der Waals surface area (Å²) in [6.45, 7) is 1.99. The maximum Gasteiger partial charge on any atom is 0.237 e.